The molecule has 2 nitrogen and oxygen atoms in total. The van der Waals surface area contributed by atoms with E-state index in [0.29, 0.717) is 0 Å². The number of unbranched alkanes of at least 4 members (excludes halogenated alkanes) is 3. The van der Waals surface area contributed by atoms with Crippen LogP contribution in [0.25, 0.3) is 0 Å². The quantitative estimate of drug-likeness (QED) is 0.358. The minimum absolute atomic E-state index is 0.792. The van der Waals surface area contributed by atoms with Gasteiger partial charge in [-0.15, -0.1) is 0 Å². The Hall–Kier alpha value is -0.400. The van der Waals surface area contributed by atoms with Crippen molar-refractivity contribution in [3.63, 3.8) is 0 Å². The van der Waals surface area contributed by atoms with Crippen molar-refractivity contribution in [1.29, 1.82) is 0 Å². The van der Waals surface area contributed by atoms with Crippen LogP contribution in [-0.4, -0.2) is 16.9 Å². The lowest BCUT2D eigenvalue weighted by atomic mass is 10.2. The zero-order chi connectivity index (χ0) is 9.07. The van der Waals surface area contributed by atoms with Gasteiger partial charge in [0.1, 0.15) is 0 Å². The van der Waals surface area contributed by atoms with Crippen LogP contribution in [-0.2, 0) is 0 Å². The summed E-state index contributed by atoms with van der Waals surface area (Å²) in [5.41, 5.74) is 0. The van der Waals surface area contributed by atoms with Crippen LogP contribution in [0.3, 0.4) is 0 Å². The zero-order valence-electron chi connectivity index (χ0n) is 6.82. The highest BCUT2D eigenvalue weighted by Gasteiger charge is 1.87. The van der Waals surface area contributed by atoms with E-state index in [1.54, 1.807) is 6.54 Å². The van der Waals surface area contributed by atoms with Crippen molar-refractivity contribution in [2.75, 3.05) is 6.54 Å². The molecule has 0 rings (SSSR count). The van der Waals surface area contributed by atoms with Gasteiger partial charge < -0.3 is 0 Å². The minimum Gasteiger partial charge on any atom is -0.233 e. The van der Waals surface area contributed by atoms with Crippen LogP contribution in [0.2, 0.25) is 0 Å². The van der Waals surface area contributed by atoms with Gasteiger partial charge in [0.2, 0.25) is 0 Å². The van der Waals surface area contributed by atoms with Crippen LogP contribution in [0.4, 0.5) is 0 Å². The SMILES string of the molecule is S=C=N[CH]CCCCCN=C=S. The Labute approximate surface area is 83.8 Å². The fourth-order valence-electron chi connectivity index (χ4n) is 0.751. The van der Waals surface area contributed by atoms with E-state index in [2.05, 4.69) is 44.7 Å². The summed E-state index contributed by atoms with van der Waals surface area (Å²) in [6.45, 7) is 2.58. The van der Waals surface area contributed by atoms with Gasteiger partial charge in [-0.1, -0.05) is 12.8 Å². The van der Waals surface area contributed by atoms with Gasteiger partial charge >= 0.3 is 0 Å². The van der Waals surface area contributed by atoms with Crippen LogP contribution >= 0.6 is 24.4 Å². The first-order valence-corrected chi connectivity index (χ1v) is 4.65. The van der Waals surface area contributed by atoms with Crippen molar-refractivity contribution in [1.82, 2.24) is 0 Å². The first kappa shape index (κ1) is 11.6. The molecule has 12 heavy (non-hydrogen) atoms. The number of nitrogens with zero attached hydrogens (tertiary/aromatic N) is 2. The van der Waals surface area contributed by atoms with E-state index < -0.39 is 0 Å². The monoisotopic (exact) mass is 199 g/mol. The number of hydrogen-bond acceptors (Lipinski definition) is 4. The summed E-state index contributed by atoms with van der Waals surface area (Å²) in [4.78, 5) is 7.50. The van der Waals surface area contributed by atoms with Crippen molar-refractivity contribution >= 4 is 34.8 Å². The summed E-state index contributed by atoms with van der Waals surface area (Å²) < 4.78 is 0. The molecule has 0 atom stereocenters. The molecule has 0 saturated carbocycles. The lowest BCUT2D eigenvalue weighted by molar-refractivity contribution is 0.681. The van der Waals surface area contributed by atoms with Crippen molar-refractivity contribution in [3.05, 3.63) is 6.54 Å². The minimum atomic E-state index is 0.792. The van der Waals surface area contributed by atoms with E-state index in [-0.39, 0.29) is 0 Å². The predicted octanol–water partition coefficient (Wildman–Crippen LogP) is 2.91. The van der Waals surface area contributed by atoms with Gasteiger partial charge in [0, 0.05) is 6.54 Å². The lowest BCUT2D eigenvalue weighted by Gasteiger charge is -1.93. The van der Waals surface area contributed by atoms with Gasteiger partial charge in [-0.25, -0.2) is 9.98 Å². The molecule has 0 aromatic rings. The number of thiocarbonyl (C=S) groups is 2. The number of aliphatic imine (C=N–C) groups is 2. The molecule has 0 aromatic carbocycles. The molecule has 0 aromatic heterocycles. The fourth-order valence-corrected chi connectivity index (χ4v) is 0.917. The third-order valence-electron chi connectivity index (χ3n) is 1.31. The molecule has 65 valence electrons. The van der Waals surface area contributed by atoms with Gasteiger partial charge in [0.05, 0.1) is 16.9 Å². The highest BCUT2D eigenvalue weighted by atomic mass is 32.1. The van der Waals surface area contributed by atoms with E-state index in [0.717, 1.165) is 32.2 Å². The molecule has 0 aliphatic heterocycles. The molecule has 4 heteroatoms. The molecule has 0 aliphatic carbocycles. The number of rotatable bonds is 7. The van der Waals surface area contributed by atoms with Gasteiger partial charge in [-0.2, -0.15) is 0 Å². The van der Waals surface area contributed by atoms with Gasteiger partial charge in [-0.3, -0.25) is 0 Å². The van der Waals surface area contributed by atoms with E-state index >= 15 is 0 Å². The standard InChI is InChI=1S/C8H11N2S2/c11-7-9-5-3-1-2-4-6-10-8-12/h5H,1-4,6H2. The molecule has 0 aliphatic rings. The van der Waals surface area contributed by atoms with Gasteiger partial charge in [0.15, 0.2) is 0 Å². The molecule has 0 heterocycles. The number of isothiocyanates is 2. The Morgan fingerprint density at radius 1 is 1.08 bits per heavy atom. The molecule has 0 amide bonds. The summed E-state index contributed by atoms with van der Waals surface area (Å²) in [6.07, 6.45) is 4.29. The van der Waals surface area contributed by atoms with Crippen LogP contribution in [0, 0.1) is 6.54 Å². The summed E-state index contributed by atoms with van der Waals surface area (Å²) in [7, 11) is 0. The van der Waals surface area contributed by atoms with Crippen LogP contribution in [0.15, 0.2) is 9.98 Å². The summed E-state index contributed by atoms with van der Waals surface area (Å²) in [6, 6.07) is 0. The summed E-state index contributed by atoms with van der Waals surface area (Å²) >= 11 is 8.83. The Kier molecular flexibility index (Phi) is 10.2. The summed E-state index contributed by atoms with van der Waals surface area (Å²) in [5, 5.41) is 4.63. The summed E-state index contributed by atoms with van der Waals surface area (Å²) in [5.74, 6) is 0. The van der Waals surface area contributed by atoms with Crippen LogP contribution in [0.1, 0.15) is 25.7 Å². The average molecular weight is 199 g/mol. The Morgan fingerprint density at radius 2 is 1.92 bits per heavy atom. The van der Waals surface area contributed by atoms with Crippen molar-refractivity contribution in [2.24, 2.45) is 9.98 Å². The number of hydrogen-bond donors (Lipinski definition) is 0. The van der Waals surface area contributed by atoms with Crippen molar-refractivity contribution in [3.8, 4) is 0 Å². The highest BCUT2D eigenvalue weighted by Crippen LogP contribution is 2.02. The second-order valence-corrected chi connectivity index (χ2v) is 2.59. The maximum absolute atomic E-state index is 4.43. The second-order valence-electron chi connectivity index (χ2n) is 2.23. The van der Waals surface area contributed by atoms with Crippen LogP contribution in [0.5, 0.6) is 0 Å². The average Bonchev–Trinajstić information content (AvgIpc) is 2.10. The van der Waals surface area contributed by atoms with E-state index in [1.807, 2.05) is 0 Å². The first-order chi connectivity index (χ1) is 5.91. The predicted molar refractivity (Wildman–Crippen MR) is 57.7 cm³/mol. The second kappa shape index (κ2) is 10.6. The molecule has 0 bridgehead atoms. The zero-order valence-corrected chi connectivity index (χ0v) is 8.46. The lowest BCUT2D eigenvalue weighted by Crippen LogP contribution is -1.81. The third-order valence-corrected chi connectivity index (χ3v) is 1.55. The van der Waals surface area contributed by atoms with Crippen molar-refractivity contribution < 1.29 is 0 Å². The molecular formula is C8H11N2S2. The van der Waals surface area contributed by atoms with E-state index in [1.165, 1.54) is 0 Å². The Morgan fingerprint density at radius 3 is 2.58 bits per heavy atom. The maximum Gasteiger partial charge on any atom is 0.0834 e. The molecule has 0 saturated heterocycles. The molecule has 0 N–H and O–H groups in total. The molecule has 1 radical (unpaired) electrons. The van der Waals surface area contributed by atoms with E-state index in [4.69, 9.17) is 0 Å². The topological polar surface area (TPSA) is 24.7 Å². The van der Waals surface area contributed by atoms with Crippen LogP contribution < -0.4 is 0 Å². The maximum atomic E-state index is 4.43. The molecule has 0 spiro atoms. The highest BCUT2D eigenvalue weighted by molar-refractivity contribution is 7.78. The Bertz CT molecular complexity index is 169. The largest absolute Gasteiger partial charge is 0.233 e. The third kappa shape index (κ3) is 9.60. The molecular weight excluding hydrogens is 188 g/mol. The Balaban J connectivity index is 3.00. The molecule has 0 fully saturated rings. The van der Waals surface area contributed by atoms with Gasteiger partial charge in [-0.05, 0) is 37.3 Å². The smallest absolute Gasteiger partial charge is 0.0834 e. The van der Waals surface area contributed by atoms with Gasteiger partial charge in [0.25, 0.3) is 0 Å². The van der Waals surface area contributed by atoms with E-state index in [9.17, 15) is 0 Å². The first-order valence-electron chi connectivity index (χ1n) is 3.84. The fraction of sp³-hybridized carbons (Fsp3) is 0.625. The molecule has 0 unspecified atom stereocenters. The normalized spacial score (nSPS) is 8.33. The van der Waals surface area contributed by atoms with Crippen molar-refractivity contribution in [2.45, 2.75) is 25.7 Å².